The summed E-state index contributed by atoms with van der Waals surface area (Å²) < 4.78 is 43.5. The molecule has 4 nitrogen and oxygen atoms in total. The first-order chi connectivity index (χ1) is 10.3. The molecule has 0 N–H and O–H groups in total. The van der Waals surface area contributed by atoms with Crippen molar-refractivity contribution in [2.75, 3.05) is 7.11 Å². The van der Waals surface area contributed by atoms with Crippen molar-refractivity contribution in [2.24, 2.45) is 0 Å². The molecule has 0 atom stereocenters. The Morgan fingerprint density at radius 2 is 1.91 bits per heavy atom. The van der Waals surface area contributed by atoms with E-state index in [9.17, 15) is 18.0 Å². The van der Waals surface area contributed by atoms with E-state index in [1.54, 1.807) is 19.2 Å². The van der Waals surface area contributed by atoms with Gasteiger partial charge in [0.2, 0.25) is 5.91 Å². The second-order valence-corrected chi connectivity index (χ2v) is 4.82. The first-order valence-corrected chi connectivity index (χ1v) is 6.61. The third-order valence-electron chi connectivity index (χ3n) is 3.20. The highest BCUT2D eigenvalue weighted by atomic mass is 19.4. The van der Waals surface area contributed by atoms with Crippen LogP contribution in [0, 0.1) is 6.92 Å². The molecule has 118 valence electrons. The number of aromatic nitrogens is 2. The standard InChI is InChI=1S/C15H15F3N2O2/c1-10-9-13(15(16,17)18)19-20(10)14(21)8-5-11-3-6-12(22-2)7-4-11/h3-4,6-7,9H,5,8H2,1-2H3. The molecular formula is C15H15F3N2O2. The fourth-order valence-electron chi connectivity index (χ4n) is 2.01. The Kier molecular flexibility index (Phi) is 4.54. The number of benzene rings is 1. The molecule has 7 heteroatoms. The lowest BCUT2D eigenvalue weighted by Crippen LogP contribution is -2.16. The van der Waals surface area contributed by atoms with Crippen molar-refractivity contribution in [3.05, 3.63) is 47.3 Å². The van der Waals surface area contributed by atoms with Crippen molar-refractivity contribution >= 4 is 5.91 Å². The lowest BCUT2D eigenvalue weighted by molar-refractivity contribution is -0.141. The molecule has 0 saturated carbocycles. The van der Waals surface area contributed by atoms with Gasteiger partial charge in [0.15, 0.2) is 5.69 Å². The molecule has 0 radical (unpaired) electrons. The van der Waals surface area contributed by atoms with Gasteiger partial charge in [-0.2, -0.15) is 18.3 Å². The Hall–Kier alpha value is -2.31. The number of hydrogen-bond acceptors (Lipinski definition) is 3. The van der Waals surface area contributed by atoms with Crippen LogP contribution in [0.1, 0.15) is 28.2 Å². The second kappa shape index (κ2) is 6.21. The molecule has 0 saturated heterocycles. The Bertz CT molecular complexity index is 660. The molecule has 22 heavy (non-hydrogen) atoms. The van der Waals surface area contributed by atoms with Gasteiger partial charge < -0.3 is 4.74 Å². The van der Waals surface area contributed by atoms with Gasteiger partial charge in [0.05, 0.1) is 7.11 Å². The first-order valence-electron chi connectivity index (χ1n) is 6.61. The number of aryl methyl sites for hydroxylation is 2. The fourth-order valence-corrected chi connectivity index (χ4v) is 2.01. The van der Waals surface area contributed by atoms with E-state index < -0.39 is 17.8 Å². The highest BCUT2D eigenvalue weighted by Crippen LogP contribution is 2.28. The van der Waals surface area contributed by atoms with Crippen LogP contribution < -0.4 is 4.74 Å². The van der Waals surface area contributed by atoms with Crippen LogP contribution >= 0.6 is 0 Å². The lowest BCUT2D eigenvalue weighted by atomic mass is 10.1. The summed E-state index contributed by atoms with van der Waals surface area (Å²) in [5, 5.41) is 3.34. The molecule has 2 rings (SSSR count). The number of nitrogens with zero attached hydrogens (tertiary/aromatic N) is 2. The average Bonchev–Trinajstić information content (AvgIpc) is 2.87. The number of carbonyl (C=O) groups excluding carboxylic acids is 1. The van der Waals surface area contributed by atoms with Crippen molar-refractivity contribution in [1.82, 2.24) is 9.78 Å². The van der Waals surface area contributed by atoms with Crippen LogP contribution in [0.25, 0.3) is 0 Å². The Morgan fingerprint density at radius 1 is 1.27 bits per heavy atom. The summed E-state index contributed by atoms with van der Waals surface area (Å²) in [6.07, 6.45) is -4.05. The highest BCUT2D eigenvalue weighted by Gasteiger charge is 2.35. The maximum absolute atomic E-state index is 12.6. The molecule has 0 amide bonds. The van der Waals surface area contributed by atoms with Crippen molar-refractivity contribution in [2.45, 2.75) is 25.9 Å². The molecule has 0 aliphatic rings. The quantitative estimate of drug-likeness (QED) is 0.868. The Morgan fingerprint density at radius 3 is 2.41 bits per heavy atom. The summed E-state index contributed by atoms with van der Waals surface area (Å²) in [7, 11) is 1.55. The van der Waals surface area contributed by atoms with Gasteiger partial charge in [0.25, 0.3) is 0 Å². The summed E-state index contributed by atoms with van der Waals surface area (Å²) in [4.78, 5) is 12.0. The number of hydrogen-bond donors (Lipinski definition) is 0. The fraction of sp³-hybridized carbons (Fsp3) is 0.333. The van der Waals surface area contributed by atoms with Crippen molar-refractivity contribution in [3.8, 4) is 5.75 Å². The van der Waals surface area contributed by atoms with Crippen molar-refractivity contribution < 1.29 is 22.7 Å². The highest BCUT2D eigenvalue weighted by molar-refractivity contribution is 5.79. The largest absolute Gasteiger partial charge is 0.497 e. The summed E-state index contributed by atoms with van der Waals surface area (Å²) >= 11 is 0. The van der Waals surface area contributed by atoms with Gasteiger partial charge in [-0.05, 0) is 37.1 Å². The van der Waals surface area contributed by atoms with E-state index in [4.69, 9.17) is 4.74 Å². The van der Waals surface area contributed by atoms with Gasteiger partial charge in [0, 0.05) is 12.1 Å². The summed E-state index contributed by atoms with van der Waals surface area (Å²) in [6, 6.07) is 8.01. The number of methoxy groups -OCH3 is 1. The molecule has 0 aliphatic heterocycles. The van der Waals surface area contributed by atoms with E-state index >= 15 is 0 Å². The van der Waals surface area contributed by atoms with Gasteiger partial charge in [-0.25, -0.2) is 4.68 Å². The predicted molar refractivity (Wildman–Crippen MR) is 73.9 cm³/mol. The van der Waals surface area contributed by atoms with E-state index in [2.05, 4.69) is 5.10 Å². The molecule has 1 heterocycles. The minimum Gasteiger partial charge on any atom is -0.497 e. The van der Waals surface area contributed by atoms with Crippen LogP contribution in [0.15, 0.2) is 30.3 Å². The third kappa shape index (κ3) is 3.66. The molecule has 1 aromatic carbocycles. The van der Waals surface area contributed by atoms with Crippen molar-refractivity contribution in [3.63, 3.8) is 0 Å². The SMILES string of the molecule is COc1ccc(CCC(=O)n2nc(C(F)(F)F)cc2C)cc1. The molecule has 0 bridgehead atoms. The lowest BCUT2D eigenvalue weighted by Gasteiger charge is -2.05. The number of halogens is 3. The van der Waals surface area contributed by atoms with Crippen LogP contribution in [0.2, 0.25) is 0 Å². The first kappa shape index (κ1) is 16.1. The monoisotopic (exact) mass is 312 g/mol. The van der Waals surface area contributed by atoms with Gasteiger partial charge in [-0.15, -0.1) is 0 Å². The summed E-state index contributed by atoms with van der Waals surface area (Å²) in [5.41, 5.74) is 0.0184. The summed E-state index contributed by atoms with van der Waals surface area (Å²) in [6.45, 7) is 1.42. The van der Waals surface area contributed by atoms with E-state index in [0.717, 1.165) is 16.3 Å². The minimum absolute atomic E-state index is 0.0755. The molecule has 0 fully saturated rings. The number of carbonyl (C=O) groups is 1. The van der Waals surface area contributed by atoms with Gasteiger partial charge >= 0.3 is 6.18 Å². The Balaban J connectivity index is 2.04. The average molecular weight is 312 g/mol. The topological polar surface area (TPSA) is 44.1 Å². The zero-order valence-corrected chi connectivity index (χ0v) is 12.1. The molecule has 1 aromatic heterocycles. The number of ether oxygens (including phenoxy) is 1. The molecule has 0 unspecified atom stereocenters. The predicted octanol–water partition coefficient (Wildman–Crippen LogP) is 3.49. The number of rotatable bonds is 4. The van der Waals surface area contributed by atoms with E-state index in [-0.39, 0.29) is 12.1 Å². The normalized spacial score (nSPS) is 11.5. The second-order valence-electron chi connectivity index (χ2n) is 4.82. The molecule has 2 aromatic rings. The van der Waals surface area contributed by atoms with Crippen molar-refractivity contribution in [1.29, 1.82) is 0 Å². The smallest absolute Gasteiger partial charge is 0.435 e. The maximum Gasteiger partial charge on any atom is 0.435 e. The summed E-state index contributed by atoms with van der Waals surface area (Å²) in [5.74, 6) is 0.233. The Labute approximate surface area is 125 Å². The number of alkyl halides is 3. The third-order valence-corrected chi connectivity index (χ3v) is 3.20. The van der Waals surface area contributed by atoms with E-state index in [1.165, 1.54) is 6.92 Å². The van der Waals surface area contributed by atoms with Crippen LogP contribution in [0.5, 0.6) is 5.75 Å². The van der Waals surface area contributed by atoms with Crippen LogP contribution in [0.3, 0.4) is 0 Å². The zero-order chi connectivity index (χ0) is 16.3. The minimum atomic E-state index is -4.55. The molecule has 0 spiro atoms. The maximum atomic E-state index is 12.6. The van der Waals surface area contributed by atoms with Crippen LogP contribution in [-0.2, 0) is 12.6 Å². The van der Waals surface area contributed by atoms with Gasteiger partial charge in [-0.3, -0.25) is 4.79 Å². The zero-order valence-electron chi connectivity index (χ0n) is 12.1. The van der Waals surface area contributed by atoms with Gasteiger partial charge in [-0.1, -0.05) is 12.1 Å². The van der Waals surface area contributed by atoms with Crippen LogP contribution in [-0.4, -0.2) is 22.8 Å². The molecular weight excluding hydrogens is 297 g/mol. The van der Waals surface area contributed by atoms with E-state index in [1.807, 2.05) is 12.1 Å². The van der Waals surface area contributed by atoms with Crippen LogP contribution in [0.4, 0.5) is 13.2 Å². The van der Waals surface area contributed by atoms with Gasteiger partial charge in [0.1, 0.15) is 5.75 Å². The van der Waals surface area contributed by atoms with E-state index in [0.29, 0.717) is 12.2 Å². The molecule has 0 aliphatic carbocycles.